The second-order valence-corrected chi connectivity index (χ2v) is 7.39. The van der Waals surface area contributed by atoms with Crippen molar-refractivity contribution < 1.29 is 4.79 Å². The fraction of sp³-hybridized carbons (Fsp3) is 0.450. The molecule has 0 spiro atoms. The minimum Gasteiger partial charge on any atom is -0.369 e. The Kier molecular flexibility index (Phi) is 4.82. The van der Waals surface area contributed by atoms with Gasteiger partial charge in [-0.3, -0.25) is 9.69 Å². The van der Waals surface area contributed by atoms with E-state index in [-0.39, 0.29) is 0 Å². The number of halogens is 1. The molecule has 0 unspecified atom stereocenters. The molecule has 0 atom stereocenters. The molecule has 2 aromatic rings. The Hall–Kier alpha value is -1.78. The Balaban J connectivity index is 1.31. The number of carbonyl (C=O) groups is 1. The first kappa shape index (κ1) is 16.7. The van der Waals surface area contributed by atoms with Gasteiger partial charge in [0.15, 0.2) is 5.78 Å². The Morgan fingerprint density at radius 2 is 1.68 bits per heavy atom. The van der Waals surface area contributed by atoms with E-state index in [9.17, 15) is 4.79 Å². The lowest BCUT2D eigenvalue weighted by atomic mass is 9.97. The topological polar surface area (TPSA) is 28.5 Å². The third kappa shape index (κ3) is 3.60. The SMILES string of the molecule is O=C1CCCc2c1ccn2CCN1CCN(c2ccc(Cl)cc2)CC1. The van der Waals surface area contributed by atoms with Crippen LogP contribution in [0.3, 0.4) is 0 Å². The number of fused-ring (bicyclic) bond motifs is 1. The van der Waals surface area contributed by atoms with Crippen molar-refractivity contribution in [1.29, 1.82) is 0 Å². The van der Waals surface area contributed by atoms with E-state index in [0.29, 0.717) is 12.2 Å². The highest BCUT2D eigenvalue weighted by Gasteiger charge is 2.21. The summed E-state index contributed by atoms with van der Waals surface area (Å²) < 4.78 is 2.29. The summed E-state index contributed by atoms with van der Waals surface area (Å²) in [6, 6.07) is 10.1. The molecule has 4 rings (SSSR count). The van der Waals surface area contributed by atoms with Gasteiger partial charge in [-0.25, -0.2) is 0 Å². The van der Waals surface area contributed by atoms with E-state index in [1.807, 2.05) is 18.2 Å². The second kappa shape index (κ2) is 7.22. The number of benzene rings is 1. The molecule has 4 nitrogen and oxygen atoms in total. The minimum atomic E-state index is 0.316. The van der Waals surface area contributed by atoms with Crippen molar-refractivity contribution in [2.75, 3.05) is 37.6 Å². The van der Waals surface area contributed by atoms with Crippen molar-refractivity contribution in [2.45, 2.75) is 25.8 Å². The maximum absolute atomic E-state index is 12.0. The average molecular weight is 358 g/mol. The molecular formula is C20H24ClN3O. The number of nitrogens with zero attached hydrogens (tertiary/aromatic N) is 3. The van der Waals surface area contributed by atoms with Gasteiger partial charge in [-0.2, -0.15) is 0 Å². The van der Waals surface area contributed by atoms with E-state index in [0.717, 1.165) is 62.7 Å². The summed E-state index contributed by atoms with van der Waals surface area (Å²) in [6.45, 7) is 6.26. The highest BCUT2D eigenvalue weighted by molar-refractivity contribution is 6.30. The number of hydrogen-bond acceptors (Lipinski definition) is 3. The Morgan fingerprint density at radius 3 is 2.44 bits per heavy atom. The van der Waals surface area contributed by atoms with Gasteiger partial charge in [0.25, 0.3) is 0 Å². The third-order valence-corrected chi connectivity index (χ3v) is 5.67. The molecule has 0 radical (unpaired) electrons. The summed E-state index contributed by atoms with van der Waals surface area (Å²) in [5.41, 5.74) is 3.46. The predicted molar refractivity (Wildman–Crippen MR) is 102 cm³/mol. The molecule has 2 heterocycles. The molecule has 1 fully saturated rings. The molecule has 1 aliphatic heterocycles. The van der Waals surface area contributed by atoms with E-state index < -0.39 is 0 Å². The van der Waals surface area contributed by atoms with Crippen LogP contribution in [-0.4, -0.2) is 48.0 Å². The molecule has 1 saturated heterocycles. The molecule has 0 N–H and O–H groups in total. The van der Waals surface area contributed by atoms with Gasteiger partial charge in [0.1, 0.15) is 0 Å². The number of Topliss-reactive ketones (excluding diaryl/α,β-unsaturated/α-hetero) is 1. The van der Waals surface area contributed by atoms with Crippen molar-refractivity contribution >= 4 is 23.1 Å². The van der Waals surface area contributed by atoms with Crippen LogP contribution in [0.1, 0.15) is 28.9 Å². The quantitative estimate of drug-likeness (QED) is 0.838. The largest absolute Gasteiger partial charge is 0.369 e. The fourth-order valence-electron chi connectivity index (χ4n) is 3.93. The maximum atomic E-state index is 12.0. The van der Waals surface area contributed by atoms with Gasteiger partial charge < -0.3 is 9.47 Å². The van der Waals surface area contributed by atoms with Gasteiger partial charge in [0.2, 0.25) is 0 Å². The van der Waals surface area contributed by atoms with Crippen LogP contribution in [0.2, 0.25) is 5.02 Å². The normalized spacial score (nSPS) is 18.4. The lowest BCUT2D eigenvalue weighted by molar-refractivity contribution is 0.0971. The maximum Gasteiger partial charge on any atom is 0.164 e. The zero-order valence-corrected chi connectivity index (χ0v) is 15.2. The van der Waals surface area contributed by atoms with Gasteiger partial charge in [-0.15, -0.1) is 0 Å². The smallest absolute Gasteiger partial charge is 0.164 e. The summed E-state index contributed by atoms with van der Waals surface area (Å²) >= 11 is 5.97. The van der Waals surface area contributed by atoms with Crippen LogP contribution < -0.4 is 4.90 Å². The predicted octanol–water partition coefficient (Wildman–Crippen LogP) is 3.48. The zero-order valence-electron chi connectivity index (χ0n) is 14.5. The summed E-state index contributed by atoms with van der Waals surface area (Å²) in [6.07, 6.45) is 4.84. The molecule has 1 aromatic heterocycles. The molecular weight excluding hydrogens is 334 g/mol. The van der Waals surface area contributed by atoms with Gasteiger partial charge in [-0.05, 0) is 43.2 Å². The zero-order chi connectivity index (χ0) is 17.2. The highest BCUT2D eigenvalue weighted by Crippen LogP contribution is 2.23. The third-order valence-electron chi connectivity index (χ3n) is 5.42. The Labute approximate surface area is 154 Å². The first-order valence-electron chi connectivity index (χ1n) is 9.15. The van der Waals surface area contributed by atoms with Crippen LogP contribution in [-0.2, 0) is 13.0 Å². The standard InChI is InChI=1S/C20H24ClN3O/c21-16-4-6-17(7-5-16)23-13-10-22(11-14-23)12-15-24-9-8-18-19(24)2-1-3-20(18)25/h4-9H,1-3,10-15H2. The van der Waals surface area contributed by atoms with Gasteiger partial charge in [-0.1, -0.05) is 11.6 Å². The lowest BCUT2D eigenvalue weighted by Gasteiger charge is -2.36. The van der Waals surface area contributed by atoms with Crippen LogP contribution in [0.5, 0.6) is 0 Å². The molecule has 0 saturated carbocycles. The number of ketones is 1. The lowest BCUT2D eigenvalue weighted by Crippen LogP contribution is -2.47. The Morgan fingerprint density at radius 1 is 0.920 bits per heavy atom. The summed E-state index contributed by atoms with van der Waals surface area (Å²) in [5, 5.41) is 0.788. The number of rotatable bonds is 4. The van der Waals surface area contributed by atoms with E-state index in [2.05, 4.69) is 32.7 Å². The van der Waals surface area contributed by atoms with Gasteiger partial charge in [0, 0.05) is 73.9 Å². The minimum absolute atomic E-state index is 0.316. The summed E-state index contributed by atoms with van der Waals surface area (Å²) in [7, 11) is 0. The molecule has 1 aromatic carbocycles. The average Bonchev–Trinajstić information content (AvgIpc) is 3.06. The van der Waals surface area contributed by atoms with Crippen molar-refractivity contribution in [3.63, 3.8) is 0 Å². The Bertz CT molecular complexity index is 745. The van der Waals surface area contributed by atoms with Crippen LogP contribution >= 0.6 is 11.6 Å². The van der Waals surface area contributed by atoms with E-state index in [1.165, 1.54) is 11.4 Å². The first-order valence-corrected chi connectivity index (χ1v) is 9.52. The molecule has 0 bridgehead atoms. The number of piperazine rings is 1. The van der Waals surface area contributed by atoms with Crippen molar-refractivity contribution in [3.05, 3.63) is 52.8 Å². The molecule has 2 aliphatic rings. The van der Waals surface area contributed by atoms with Crippen molar-refractivity contribution in [3.8, 4) is 0 Å². The molecule has 1 aliphatic carbocycles. The number of hydrogen-bond donors (Lipinski definition) is 0. The van der Waals surface area contributed by atoms with Gasteiger partial charge >= 0.3 is 0 Å². The van der Waals surface area contributed by atoms with E-state index in [1.54, 1.807) is 0 Å². The summed E-state index contributed by atoms with van der Waals surface area (Å²) in [5.74, 6) is 0.316. The molecule has 25 heavy (non-hydrogen) atoms. The van der Waals surface area contributed by atoms with Crippen molar-refractivity contribution in [1.82, 2.24) is 9.47 Å². The fourth-order valence-corrected chi connectivity index (χ4v) is 4.05. The van der Waals surface area contributed by atoms with Crippen LogP contribution in [0, 0.1) is 0 Å². The van der Waals surface area contributed by atoms with Crippen LogP contribution in [0.15, 0.2) is 36.5 Å². The summed E-state index contributed by atoms with van der Waals surface area (Å²) in [4.78, 5) is 16.9. The van der Waals surface area contributed by atoms with E-state index in [4.69, 9.17) is 11.6 Å². The van der Waals surface area contributed by atoms with Crippen LogP contribution in [0.4, 0.5) is 5.69 Å². The van der Waals surface area contributed by atoms with Gasteiger partial charge in [0.05, 0.1) is 0 Å². The number of anilines is 1. The molecule has 5 heteroatoms. The van der Waals surface area contributed by atoms with Crippen molar-refractivity contribution in [2.24, 2.45) is 0 Å². The molecule has 0 amide bonds. The van der Waals surface area contributed by atoms with Crippen LogP contribution in [0.25, 0.3) is 0 Å². The number of carbonyl (C=O) groups excluding carboxylic acids is 1. The second-order valence-electron chi connectivity index (χ2n) is 6.95. The van der Waals surface area contributed by atoms with E-state index >= 15 is 0 Å². The monoisotopic (exact) mass is 357 g/mol. The first-order chi connectivity index (χ1) is 12.2. The molecule has 132 valence electrons. The number of aromatic nitrogens is 1. The highest BCUT2D eigenvalue weighted by atomic mass is 35.5.